The number of pyridine rings is 2. The van der Waals surface area contributed by atoms with Crippen LogP contribution in [0.3, 0.4) is 0 Å². The van der Waals surface area contributed by atoms with E-state index in [0.29, 0.717) is 47.9 Å². The molecule has 11 nitrogen and oxygen atoms in total. The van der Waals surface area contributed by atoms with E-state index in [9.17, 15) is 13.7 Å². The third kappa shape index (κ3) is 4.34. The Bertz CT molecular complexity index is 1980. The Morgan fingerprint density at radius 2 is 1.83 bits per heavy atom. The van der Waals surface area contributed by atoms with Crippen LogP contribution in [0.1, 0.15) is 35.6 Å². The number of fused-ring (bicyclic) bond motifs is 3. The molecule has 3 atom stereocenters. The maximum absolute atomic E-state index is 15.4. The van der Waals surface area contributed by atoms with E-state index in [1.165, 1.54) is 31.5 Å². The van der Waals surface area contributed by atoms with Crippen molar-refractivity contribution in [3.63, 3.8) is 0 Å². The first-order chi connectivity index (χ1) is 22.2. The maximum atomic E-state index is 15.4. The van der Waals surface area contributed by atoms with E-state index < -0.39 is 21.5 Å². The fraction of sp³-hybridized carbons (Fsp3) is 0.294. The van der Waals surface area contributed by atoms with Crippen LogP contribution < -0.4 is 18.7 Å². The molecule has 2 bridgehead atoms. The lowest BCUT2D eigenvalue weighted by atomic mass is 9.80. The van der Waals surface area contributed by atoms with Gasteiger partial charge in [-0.1, -0.05) is 6.07 Å². The minimum atomic E-state index is -4.48. The van der Waals surface area contributed by atoms with Crippen molar-refractivity contribution in [2.24, 2.45) is 0 Å². The van der Waals surface area contributed by atoms with Crippen LogP contribution >= 0.6 is 0 Å². The van der Waals surface area contributed by atoms with E-state index in [0.717, 1.165) is 22.0 Å². The number of hydrogen-bond acceptors (Lipinski definition) is 10. The number of ether oxygens (including phenoxy) is 2. The molecule has 0 spiro atoms. The molecule has 5 heterocycles. The molecule has 0 N–H and O–H groups in total. The zero-order chi connectivity index (χ0) is 32.2. The predicted octanol–water partition coefficient (Wildman–Crippen LogP) is 4.01. The van der Waals surface area contributed by atoms with Gasteiger partial charge in [0.15, 0.2) is 10.6 Å². The van der Waals surface area contributed by atoms with Crippen molar-refractivity contribution in [2.45, 2.75) is 42.9 Å². The number of aryl methyl sites for hydroxylation is 1. The molecule has 46 heavy (non-hydrogen) atoms. The van der Waals surface area contributed by atoms with E-state index in [2.05, 4.69) is 25.8 Å². The van der Waals surface area contributed by atoms with Crippen LogP contribution in [-0.4, -0.2) is 68.1 Å². The SMILES string of the molecule is CCOc1ccc(OC)cc1C1(N2C[C@@H]3C[C@H]2CN3c2ccncc2)C(=O)N(S(=O)(=O)c2ccc(C)cn2)c2ccc(C#N)cc21. The summed E-state index contributed by atoms with van der Waals surface area (Å²) >= 11 is 0. The largest absolute Gasteiger partial charge is 0.497 e. The zero-order valence-electron chi connectivity index (χ0n) is 25.6. The average molecular weight is 637 g/mol. The minimum Gasteiger partial charge on any atom is -0.497 e. The van der Waals surface area contributed by atoms with E-state index >= 15 is 4.79 Å². The third-order valence-corrected chi connectivity index (χ3v) is 10.8. The number of hydrogen-bond donors (Lipinski definition) is 0. The van der Waals surface area contributed by atoms with E-state index in [-0.39, 0.29) is 22.8 Å². The molecule has 2 saturated heterocycles. The van der Waals surface area contributed by atoms with Crippen LogP contribution in [0.5, 0.6) is 11.5 Å². The number of nitrogens with zero attached hydrogens (tertiary/aromatic N) is 6. The van der Waals surface area contributed by atoms with Crippen molar-refractivity contribution in [2.75, 3.05) is 36.0 Å². The quantitative estimate of drug-likeness (QED) is 0.280. The van der Waals surface area contributed by atoms with Gasteiger partial charge in [0.1, 0.15) is 11.5 Å². The Labute approximate surface area is 267 Å². The summed E-state index contributed by atoms with van der Waals surface area (Å²) in [6, 6.07) is 19.0. The highest BCUT2D eigenvalue weighted by molar-refractivity contribution is 7.93. The Balaban J connectivity index is 1.49. The first-order valence-electron chi connectivity index (χ1n) is 15.1. The van der Waals surface area contributed by atoms with Crippen molar-refractivity contribution in [3.8, 4) is 17.6 Å². The summed E-state index contributed by atoms with van der Waals surface area (Å²) in [5.41, 5.74) is 1.47. The Morgan fingerprint density at radius 3 is 2.48 bits per heavy atom. The average Bonchev–Trinajstić information content (AvgIpc) is 3.76. The number of anilines is 2. The van der Waals surface area contributed by atoms with Gasteiger partial charge in [-0.2, -0.15) is 18.0 Å². The van der Waals surface area contributed by atoms with E-state index in [1.54, 1.807) is 42.7 Å². The van der Waals surface area contributed by atoms with Gasteiger partial charge in [-0.25, -0.2) is 4.98 Å². The monoisotopic (exact) mass is 636 g/mol. The first kappa shape index (κ1) is 29.7. The molecular formula is C34H32N6O5S. The second kappa shape index (κ2) is 11.1. The van der Waals surface area contributed by atoms with E-state index in [1.807, 2.05) is 26.0 Å². The van der Waals surface area contributed by atoms with Gasteiger partial charge in [0, 0.05) is 60.6 Å². The number of nitriles is 1. The van der Waals surface area contributed by atoms with Crippen LogP contribution in [0.2, 0.25) is 0 Å². The van der Waals surface area contributed by atoms with Crippen molar-refractivity contribution in [1.82, 2.24) is 14.9 Å². The number of carbonyl (C=O) groups is 1. The fourth-order valence-electron chi connectivity index (χ4n) is 7.21. The molecule has 0 saturated carbocycles. The smallest absolute Gasteiger partial charge is 0.288 e. The lowest BCUT2D eigenvalue weighted by molar-refractivity contribution is -0.127. The number of amides is 1. The number of sulfonamides is 1. The second-order valence-electron chi connectivity index (χ2n) is 11.7. The molecule has 0 aliphatic carbocycles. The molecule has 3 aliphatic rings. The Hall–Kier alpha value is -4.99. The molecule has 2 fully saturated rings. The van der Waals surface area contributed by atoms with Crippen LogP contribution in [0.15, 0.2) is 84.3 Å². The van der Waals surface area contributed by atoms with Crippen LogP contribution in [0, 0.1) is 18.3 Å². The number of carbonyl (C=O) groups excluding carboxylic acids is 1. The van der Waals surface area contributed by atoms with Gasteiger partial charge in [0.2, 0.25) is 0 Å². The van der Waals surface area contributed by atoms with Gasteiger partial charge < -0.3 is 14.4 Å². The summed E-state index contributed by atoms with van der Waals surface area (Å²) in [6.07, 6.45) is 5.73. The van der Waals surface area contributed by atoms with Gasteiger partial charge in [0.25, 0.3) is 15.9 Å². The highest BCUT2D eigenvalue weighted by Gasteiger charge is 2.65. The highest BCUT2D eigenvalue weighted by atomic mass is 32.2. The first-order valence-corrected chi connectivity index (χ1v) is 16.5. The summed E-state index contributed by atoms with van der Waals surface area (Å²) < 4.78 is 41.5. The summed E-state index contributed by atoms with van der Waals surface area (Å²) in [7, 11) is -2.94. The van der Waals surface area contributed by atoms with Crippen molar-refractivity contribution < 1.29 is 22.7 Å². The normalized spacial score (nSPS) is 22.2. The lowest BCUT2D eigenvalue weighted by Gasteiger charge is -2.45. The summed E-state index contributed by atoms with van der Waals surface area (Å²) in [6.45, 7) is 5.03. The number of aromatic nitrogens is 2. The molecule has 2 aromatic carbocycles. The van der Waals surface area contributed by atoms with Gasteiger partial charge in [-0.15, -0.1) is 0 Å². The van der Waals surface area contributed by atoms with Gasteiger partial charge in [0.05, 0.1) is 31.0 Å². The van der Waals surface area contributed by atoms with Crippen LogP contribution in [-0.2, 0) is 20.4 Å². The molecule has 234 valence electrons. The lowest BCUT2D eigenvalue weighted by Crippen LogP contribution is -2.60. The number of rotatable bonds is 8. The van der Waals surface area contributed by atoms with Gasteiger partial charge in [-0.3, -0.25) is 14.7 Å². The number of likely N-dealkylation sites (tertiary alicyclic amines) is 1. The molecule has 0 radical (unpaired) electrons. The molecule has 12 heteroatoms. The summed E-state index contributed by atoms with van der Waals surface area (Å²) in [5, 5.41) is 9.76. The van der Waals surface area contributed by atoms with Crippen molar-refractivity contribution >= 4 is 27.3 Å². The van der Waals surface area contributed by atoms with Crippen molar-refractivity contribution in [1.29, 1.82) is 5.26 Å². The molecule has 2 aromatic heterocycles. The molecule has 1 unspecified atom stereocenters. The molecule has 1 amide bonds. The topological polar surface area (TPSA) is 129 Å². The number of piperazine rings is 1. The maximum Gasteiger partial charge on any atom is 0.288 e. The molecular weight excluding hydrogens is 604 g/mol. The second-order valence-corrected chi connectivity index (χ2v) is 13.4. The third-order valence-electron chi connectivity index (χ3n) is 9.16. The number of benzene rings is 2. The fourth-order valence-corrected chi connectivity index (χ4v) is 8.59. The van der Waals surface area contributed by atoms with Crippen molar-refractivity contribution in [3.05, 3.63) is 102 Å². The molecule has 7 rings (SSSR count). The van der Waals surface area contributed by atoms with E-state index in [4.69, 9.17) is 9.47 Å². The summed E-state index contributed by atoms with van der Waals surface area (Å²) in [5.74, 6) is 0.219. The summed E-state index contributed by atoms with van der Waals surface area (Å²) in [4.78, 5) is 28.2. The minimum absolute atomic E-state index is 0.0465. The number of methoxy groups -OCH3 is 1. The zero-order valence-corrected chi connectivity index (χ0v) is 26.4. The van der Waals surface area contributed by atoms with Crippen LogP contribution in [0.25, 0.3) is 0 Å². The Morgan fingerprint density at radius 1 is 1.02 bits per heavy atom. The highest BCUT2D eigenvalue weighted by Crippen LogP contribution is 2.56. The standard InChI is InChI=1S/C34H32N6O5S/c1-4-45-31-9-7-27(44-3)17-29(31)34(39-21-25-16-26(39)20-38(25)24-11-13-36-14-12-24)28-15-23(18-35)6-8-30(28)40(33(34)41)46(42,43)32-10-5-22(2)19-37-32/h5-15,17,19,25-26H,4,16,20-21H2,1-3H3/t25-,26-,34?/m0/s1. The Kier molecular flexibility index (Phi) is 7.18. The van der Waals surface area contributed by atoms with Gasteiger partial charge >= 0.3 is 0 Å². The van der Waals surface area contributed by atoms with Gasteiger partial charge in [-0.05, 0) is 80.4 Å². The van der Waals surface area contributed by atoms with Crippen LogP contribution in [0.4, 0.5) is 11.4 Å². The predicted molar refractivity (Wildman–Crippen MR) is 170 cm³/mol. The molecule has 3 aliphatic heterocycles. The molecule has 4 aromatic rings.